The van der Waals surface area contributed by atoms with Gasteiger partial charge in [-0.2, -0.15) is 0 Å². The Bertz CT molecular complexity index is 788. The first-order valence-corrected chi connectivity index (χ1v) is 8.63. The quantitative estimate of drug-likeness (QED) is 0.680. The van der Waals surface area contributed by atoms with Gasteiger partial charge in [-0.25, -0.2) is 4.68 Å². The summed E-state index contributed by atoms with van der Waals surface area (Å²) >= 11 is 0. The molecule has 0 aliphatic heterocycles. The molecule has 1 aromatic heterocycles. The van der Waals surface area contributed by atoms with E-state index in [9.17, 15) is 9.59 Å². The molecule has 2 N–H and O–H groups in total. The first-order chi connectivity index (χ1) is 12.9. The standard InChI is InChI=1S/C18H25N5O4/c1-12(2)10-20-18(25)14-11-23(22-21-14)8-7-19-17(24)13-5-6-15(26-3)16(9-13)27-4/h5-6,9,11-12H,7-8,10H2,1-4H3,(H,19,24)(H,20,25). The lowest BCUT2D eigenvalue weighted by Crippen LogP contribution is -2.28. The Morgan fingerprint density at radius 3 is 2.52 bits per heavy atom. The molecule has 0 fully saturated rings. The molecule has 0 aliphatic rings. The van der Waals surface area contributed by atoms with E-state index in [2.05, 4.69) is 20.9 Å². The van der Waals surface area contributed by atoms with E-state index >= 15 is 0 Å². The number of rotatable bonds is 9. The Hall–Kier alpha value is -3.10. The number of amides is 2. The van der Waals surface area contributed by atoms with Crippen LogP contribution in [-0.2, 0) is 6.54 Å². The minimum absolute atomic E-state index is 0.244. The molecule has 0 atom stereocenters. The third-order valence-electron chi connectivity index (χ3n) is 3.71. The summed E-state index contributed by atoms with van der Waals surface area (Å²) < 4.78 is 11.9. The molecule has 2 amide bonds. The van der Waals surface area contributed by atoms with Crippen molar-refractivity contribution in [3.8, 4) is 11.5 Å². The van der Waals surface area contributed by atoms with E-state index in [1.54, 1.807) is 24.4 Å². The summed E-state index contributed by atoms with van der Waals surface area (Å²) in [7, 11) is 3.05. The smallest absolute Gasteiger partial charge is 0.273 e. The third kappa shape index (κ3) is 5.70. The van der Waals surface area contributed by atoms with E-state index in [-0.39, 0.29) is 17.5 Å². The van der Waals surface area contributed by atoms with Gasteiger partial charge in [0.2, 0.25) is 0 Å². The van der Waals surface area contributed by atoms with Crippen molar-refractivity contribution in [3.05, 3.63) is 35.7 Å². The number of carbonyl (C=O) groups is 2. The first kappa shape index (κ1) is 20.2. The topological polar surface area (TPSA) is 107 Å². The van der Waals surface area contributed by atoms with Crippen LogP contribution in [0.3, 0.4) is 0 Å². The molecule has 0 unspecified atom stereocenters. The zero-order valence-electron chi connectivity index (χ0n) is 16.0. The van der Waals surface area contributed by atoms with Crippen LogP contribution >= 0.6 is 0 Å². The van der Waals surface area contributed by atoms with Gasteiger partial charge in [0.1, 0.15) is 0 Å². The predicted octanol–water partition coefficient (Wildman–Crippen LogP) is 1.11. The Labute approximate surface area is 158 Å². The van der Waals surface area contributed by atoms with E-state index in [0.29, 0.717) is 42.6 Å². The molecule has 0 bridgehead atoms. The van der Waals surface area contributed by atoms with Crippen LogP contribution in [0, 0.1) is 5.92 Å². The minimum Gasteiger partial charge on any atom is -0.493 e. The van der Waals surface area contributed by atoms with Gasteiger partial charge < -0.3 is 20.1 Å². The minimum atomic E-state index is -0.260. The van der Waals surface area contributed by atoms with E-state index in [4.69, 9.17) is 9.47 Å². The Morgan fingerprint density at radius 2 is 1.85 bits per heavy atom. The zero-order chi connectivity index (χ0) is 19.8. The fourth-order valence-corrected chi connectivity index (χ4v) is 2.26. The Kier molecular flexibility index (Phi) is 7.16. The van der Waals surface area contributed by atoms with Crippen LogP contribution in [-0.4, -0.2) is 54.1 Å². The molecule has 1 heterocycles. The van der Waals surface area contributed by atoms with Gasteiger partial charge in [-0.3, -0.25) is 9.59 Å². The summed E-state index contributed by atoms with van der Waals surface area (Å²) in [6.45, 7) is 5.33. The van der Waals surface area contributed by atoms with Crippen LogP contribution in [0.2, 0.25) is 0 Å². The monoisotopic (exact) mass is 375 g/mol. The number of nitrogens with zero attached hydrogens (tertiary/aromatic N) is 3. The van der Waals surface area contributed by atoms with E-state index in [1.807, 2.05) is 13.8 Å². The highest BCUT2D eigenvalue weighted by atomic mass is 16.5. The van der Waals surface area contributed by atoms with Crippen LogP contribution in [0.25, 0.3) is 0 Å². The highest BCUT2D eigenvalue weighted by Gasteiger charge is 2.12. The molecule has 0 saturated carbocycles. The largest absolute Gasteiger partial charge is 0.493 e. The van der Waals surface area contributed by atoms with Crippen molar-refractivity contribution in [1.82, 2.24) is 25.6 Å². The average Bonchev–Trinajstić information content (AvgIpc) is 3.14. The van der Waals surface area contributed by atoms with Gasteiger partial charge in [0.25, 0.3) is 11.8 Å². The number of nitrogens with one attached hydrogen (secondary N) is 2. The molecule has 9 nitrogen and oxygen atoms in total. The zero-order valence-corrected chi connectivity index (χ0v) is 16.0. The third-order valence-corrected chi connectivity index (χ3v) is 3.71. The number of ether oxygens (including phenoxy) is 2. The van der Waals surface area contributed by atoms with Crippen LogP contribution in [0.15, 0.2) is 24.4 Å². The Morgan fingerprint density at radius 1 is 1.11 bits per heavy atom. The second-order valence-electron chi connectivity index (χ2n) is 6.30. The number of aromatic nitrogens is 3. The number of hydrogen-bond donors (Lipinski definition) is 2. The molecule has 0 spiro atoms. The fraction of sp³-hybridized carbons (Fsp3) is 0.444. The maximum absolute atomic E-state index is 12.2. The summed E-state index contributed by atoms with van der Waals surface area (Å²) in [5.74, 6) is 0.893. The molecule has 2 rings (SSSR count). The number of carbonyl (C=O) groups excluding carboxylic acids is 2. The average molecular weight is 375 g/mol. The van der Waals surface area contributed by atoms with Gasteiger partial charge >= 0.3 is 0 Å². The summed E-state index contributed by atoms with van der Waals surface area (Å²) in [6, 6.07) is 4.94. The lowest BCUT2D eigenvalue weighted by molar-refractivity contribution is 0.0938. The SMILES string of the molecule is COc1ccc(C(=O)NCCn2cc(C(=O)NCC(C)C)nn2)cc1OC. The van der Waals surface area contributed by atoms with Crippen LogP contribution in [0.5, 0.6) is 11.5 Å². The van der Waals surface area contributed by atoms with Crippen molar-refractivity contribution in [2.45, 2.75) is 20.4 Å². The second kappa shape index (κ2) is 9.56. The van der Waals surface area contributed by atoms with E-state index in [1.165, 1.54) is 18.9 Å². The van der Waals surface area contributed by atoms with Crippen molar-refractivity contribution in [3.63, 3.8) is 0 Å². The second-order valence-corrected chi connectivity index (χ2v) is 6.30. The molecule has 1 aromatic carbocycles. The maximum Gasteiger partial charge on any atom is 0.273 e. The molecule has 27 heavy (non-hydrogen) atoms. The molecule has 146 valence electrons. The van der Waals surface area contributed by atoms with Crippen molar-refractivity contribution in [2.75, 3.05) is 27.3 Å². The van der Waals surface area contributed by atoms with Crippen LogP contribution in [0.4, 0.5) is 0 Å². The molecule has 2 aromatic rings. The van der Waals surface area contributed by atoms with Gasteiger partial charge in [0.05, 0.1) is 27.0 Å². The number of benzene rings is 1. The summed E-state index contributed by atoms with van der Waals surface area (Å²) in [5, 5.41) is 13.3. The fourth-order valence-electron chi connectivity index (χ4n) is 2.26. The van der Waals surface area contributed by atoms with Crippen LogP contribution in [0.1, 0.15) is 34.7 Å². The number of methoxy groups -OCH3 is 2. The molecular formula is C18H25N5O4. The van der Waals surface area contributed by atoms with Gasteiger partial charge in [-0.05, 0) is 24.1 Å². The lowest BCUT2D eigenvalue weighted by atomic mass is 10.2. The maximum atomic E-state index is 12.2. The highest BCUT2D eigenvalue weighted by Crippen LogP contribution is 2.27. The molecule has 9 heteroatoms. The van der Waals surface area contributed by atoms with Crippen LogP contribution < -0.4 is 20.1 Å². The van der Waals surface area contributed by atoms with E-state index in [0.717, 1.165) is 0 Å². The molecule has 0 saturated heterocycles. The summed E-state index contributed by atoms with van der Waals surface area (Å²) in [6.07, 6.45) is 1.55. The predicted molar refractivity (Wildman–Crippen MR) is 99.1 cm³/mol. The summed E-state index contributed by atoms with van der Waals surface area (Å²) in [4.78, 5) is 24.2. The van der Waals surface area contributed by atoms with E-state index < -0.39 is 0 Å². The molecule has 0 aliphatic carbocycles. The Balaban J connectivity index is 1.86. The number of hydrogen-bond acceptors (Lipinski definition) is 6. The van der Waals surface area contributed by atoms with Gasteiger partial charge in [0.15, 0.2) is 17.2 Å². The lowest BCUT2D eigenvalue weighted by Gasteiger charge is -2.10. The highest BCUT2D eigenvalue weighted by molar-refractivity contribution is 5.94. The normalized spacial score (nSPS) is 10.6. The molecular weight excluding hydrogens is 350 g/mol. The molecule has 0 radical (unpaired) electrons. The van der Waals surface area contributed by atoms with Crippen molar-refractivity contribution >= 4 is 11.8 Å². The first-order valence-electron chi connectivity index (χ1n) is 8.63. The van der Waals surface area contributed by atoms with Crippen molar-refractivity contribution in [2.24, 2.45) is 5.92 Å². The van der Waals surface area contributed by atoms with Crippen molar-refractivity contribution in [1.29, 1.82) is 0 Å². The van der Waals surface area contributed by atoms with Crippen molar-refractivity contribution < 1.29 is 19.1 Å². The van der Waals surface area contributed by atoms with Gasteiger partial charge in [0, 0.05) is 18.7 Å². The van der Waals surface area contributed by atoms with Gasteiger partial charge in [-0.1, -0.05) is 19.1 Å². The van der Waals surface area contributed by atoms with Gasteiger partial charge in [-0.15, -0.1) is 5.10 Å². The summed E-state index contributed by atoms with van der Waals surface area (Å²) in [5.41, 5.74) is 0.710.